The lowest BCUT2D eigenvalue weighted by molar-refractivity contribution is -0.139. The van der Waals surface area contributed by atoms with Crippen LogP contribution in [0, 0.1) is 0 Å². The predicted molar refractivity (Wildman–Crippen MR) is 67.6 cm³/mol. The molecule has 6 heteroatoms. The van der Waals surface area contributed by atoms with E-state index in [2.05, 4.69) is 6.58 Å². The molecule has 1 N–H and O–H groups in total. The van der Waals surface area contributed by atoms with Crippen molar-refractivity contribution in [1.29, 1.82) is 0 Å². The van der Waals surface area contributed by atoms with E-state index in [-0.39, 0.29) is 24.1 Å². The van der Waals surface area contributed by atoms with Crippen LogP contribution in [0.1, 0.15) is 6.92 Å². The molecule has 0 heterocycles. The third kappa shape index (κ3) is 4.45. The van der Waals surface area contributed by atoms with Gasteiger partial charge < -0.3 is 14.2 Å². The van der Waals surface area contributed by atoms with Gasteiger partial charge in [0, 0.05) is 5.57 Å². The van der Waals surface area contributed by atoms with E-state index in [0.717, 1.165) is 0 Å². The predicted octanol–water partition coefficient (Wildman–Crippen LogP) is 1.63. The summed E-state index contributed by atoms with van der Waals surface area (Å²) in [7, 11) is -3.84. The van der Waals surface area contributed by atoms with Crippen LogP contribution in [0.4, 0.5) is 0 Å². The van der Waals surface area contributed by atoms with Crippen LogP contribution < -0.4 is 5.30 Å². The molecule has 0 spiro atoms. The van der Waals surface area contributed by atoms with Gasteiger partial charge >= 0.3 is 13.6 Å². The number of rotatable bonds is 6. The van der Waals surface area contributed by atoms with Crippen molar-refractivity contribution in [3.8, 4) is 0 Å². The van der Waals surface area contributed by atoms with E-state index < -0.39 is 13.6 Å². The molecule has 0 aliphatic heterocycles. The van der Waals surface area contributed by atoms with Gasteiger partial charge in [0.05, 0.1) is 11.9 Å². The van der Waals surface area contributed by atoms with Crippen molar-refractivity contribution in [2.24, 2.45) is 0 Å². The Morgan fingerprint density at radius 3 is 2.50 bits per heavy atom. The van der Waals surface area contributed by atoms with Crippen LogP contribution in [0.3, 0.4) is 0 Å². The number of hydrogen-bond donors (Lipinski definition) is 1. The van der Waals surface area contributed by atoms with Crippen molar-refractivity contribution in [2.75, 3.05) is 13.2 Å². The Balaban J connectivity index is 2.42. The van der Waals surface area contributed by atoms with Crippen molar-refractivity contribution in [3.63, 3.8) is 0 Å². The summed E-state index contributed by atoms with van der Waals surface area (Å²) in [5.41, 5.74) is 0.269. The number of esters is 1. The second kappa shape index (κ2) is 6.50. The summed E-state index contributed by atoms with van der Waals surface area (Å²) in [5, 5.41) is 0.205. The molecule has 5 nitrogen and oxygen atoms in total. The molecule has 0 radical (unpaired) electrons. The minimum Gasteiger partial charge on any atom is -0.460 e. The molecular weight excluding hydrogens is 255 g/mol. The fraction of sp³-hybridized carbons (Fsp3) is 0.250. The number of carbonyl (C=O) groups excluding carboxylic acids is 1. The third-order valence-corrected chi connectivity index (χ3v) is 3.50. The van der Waals surface area contributed by atoms with Gasteiger partial charge in [-0.1, -0.05) is 24.8 Å². The van der Waals surface area contributed by atoms with Crippen LogP contribution in [0.2, 0.25) is 0 Å². The maximum absolute atomic E-state index is 11.8. The molecular formula is C12H15O5P. The summed E-state index contributed by atoms with van der Waals surface area (Å²) in [4.78, 5) is 20.7. The van der Waals surface area contributed by atoms with E-state index in [0.29, 0.717) is 0 Å². The fourth-order valence-corrected chi connectivity index (χ4v) is 2.13. The van der Waals surface area contributed by atoms with E-state index >= 15 is 0 Å². The van der Waals surface area contributed by atoms with Crippen LogP contribution in [-0.2, 0) is 18.6 Å². The van der Waals surface area contributed by atoms with Crippen molar-refractivity contribution < 1.29 is 23.5 Å². The number of ether oxygens (including phenoxy) is 1. The van der Waals surface area contributed by atoms with Gasteiger partial charge in [-0.15, -0.1) is 0 Å². The number of hydrogen-bond acceptors (Lipinski definition) is 4. The molecule has 98 valence electrons. The van der Waals surface area contributed by atoms with Gasteiger partial charge in [-0.3, -0.25) is 4.57 Å². The lowest BCUT2D eigenvalue weighted by Crippen LogP contribution is -2.13. The van der Waals surface area contributed by atoms with Crippen LogP contribution >= 0.6 is 7.60 Å². The Kier molecular flexibility index (Phi) is 5.28. The summed E-state index contributed by atoms with van der Waals surface area (Å²) in [6.45, 7) is 4.68. The van der Waals surface area contributed by atoms with Crippen LogP contribution in [0.5, 0.6) is 0 Å². The van der Waals surface area contributed by atoms with Crippen molar-refractivity contribution >= 4 is 18.9 Å². The first-order chi connectivity index (χ1) is 8.43. The molecule has 0 bridgehead atoms. The van der Waals surface area contributed by atoms with Gasteiger partial charge in [0.2, 0.25) is 0 Å². The maximum Gasteiger partial charge on any atom is 0.358 e. The van der Waals surface area contributed by atoms with Crippen LogP contribution in [0.25, 0.3) is 0 Å². The quantitative estimate of drug-likeness (QED) is 0.368. The minimum atomic E-state index is -3.84. The summed E-state index contributed by atoms with van der Waals surface area (Å²) in [6.07, 6.45) is 0. The molecule has 0 saturated heterocycles. The topological polar surface area (TPSA) is 72.8 Å². The van der Waals surface area contributed by atoms with Gasteiger partial charge in [0.1, 0.15) is 6.61 Å². The fourth-order valence-electron chi connectivity index (χ4n) is 1.11. The van der Waals surface area contributed by atoms with E-state index in [1.807, 2.05) is 0 Å². The van der Waals surface area contributed by atoms with Crippen molar-refractivity contribution in [1.82, 2.24) is 0 Å². The van der Waals surface area contributed by atoms with Crippen molar-refractivity contribution in [3.05, 3.63) is 42.5 Å². The Morgan fingerprint density at radius 2 is 1.94 bits per heavy atom. The van der Waals surface area contributed by atoms with Gasteiger partial charge in [-0.25, -0.2) is 4.79 Å². The normalized spacial score (nSPS) is 13.7. The minimum absolute atomic E-state index is 0.0942. The molecule has 0 amide bonds. The third-order valence-electron chi connectivity index (χ3n) is 2.01. The van der Waals surface area contributed by atoms with E-state index in [1.165, 1.54) is 19.1 Å². The first kappa shape index (κ1) is 14.6. The standard InChI is InChI=1S/C12H15O5P/c1-10(2)12(13)16-8-9-17-18(14,15)11-6-4-3-5-7-11/h3-7H,1,8-9H2,2H3,(H,14,15). The van der Waals surface area contributed by atoms with Crippen molar-refractivity contribution in [2.45, 2.75) is 6.92 Å². The molecule has 1 unspecified atom stereocenters. The van der Waals surface area contributed by atoms with E-state index in [4.69, 9.17) is 9.26 Å². The molecule has 0 aromatic heterocycles. The van der Waals surface area contributed by atoms with E-state index in [9.17, 15) is 14.3 Å². The zero-order valence-electron chi connectivity index (χ0n) is 10.0. The summed E-state index contributed by atoms with van der Waals surface area (Å²) in [6, 6.07) is 8.02. The molecule has 0 aliphatic rings. The molecule has 0 fully saturated rings. The first-order valence-corrected chi connectivity index (χ1v) is 6.87. The monoisotopic (exact) mass is 270 g/mol. The first-order valence-electron chi connectivity index (χ1n) is 5.29. The second-order valence-electron chi connectivity index (χ2n) is 3.61. The molecule has 18 heavy (non-hydrogen) atoms. The molecule has 1 rings (SSSR count). The molecule has 1 aromatic carbocycles. The van der Waals surface area contributed by atoms with Gasteiger partial charge in [0.25, 0.3) is 0 Å². The SMILES string of the molecule is C=C(C)C(=O)OCCOP(=O)(O)c1ccccc1. The zero-order chi connectivity index (χ0) is 13.6. The largest absolute Gasteiger partial charge is 0.460 e. The van der Waals surface area contributed by atoms with Crippen LogP contribution in [0.15, 0.2) is 42.5 Å². The highest BCUT2D eigenvalue weighted by Crippen LogP contribution is 2.40. The van der Waals surface area contributed by atoms with Gasteiger partial charge in [-0.05, 0) is 19.1 Å². The summed E-state index contributed by atoms with van der Waals surface area (Å²) < 4.78 is 21.4. The Labute approximate surface area is 106 Å². The van der Waals surface area contributed by atoms with Crippen LogP contribution in [-0.4, -0.2) is 24.1 Å². The average molecular weight is 270 g/mol. The summed E-state index contributed by atoms with van der Waals surface area (Å²) in [5.74, 6) is -0.550. The lowest BCUT2D eigenvalue weighted by atomic mass is 10.4. The van der Waals surface area contributed by atoms with E-state index in [1.54, 1.807) is 18.2 Å². The Morgan fingerprint density at radius 1 is 1.33 bits per heavy atom. The number of benzene rings is 1. The molecule has 1 aromatic rings. The zero-order valence-corrected chi connectivity index (χ0v) is 10.9. The summed E-state index contributed by atoms with van der Waals surface area (Å²) >= 11 is 0. The lowest BCUT2D eigenvalue weighted by Gasteiger charge is -2.12. The highest BCUT2D eigenvalue weighted by Gasteiger charge is 2.21. The number of carbonyl (C=O) groups is 1. The average Bonchev–Trinajstić information content (AvgIpc) is 2.35. The molecule has 1 atom stereocenters. The molecule has 0 aliphatic carbocycles. The highest BCUT2D eigenvalue weighted by atomic mass is 31.2. The Hall–Kier alpha value is -1.42. The maximum atomic E-state index is 11.8. The smallest absolute Gasteiger partial charge is 0.358 e. The Bertz CT molecular complexity index is 469. The molecule has 0 saturated carbocycles. The second-order valence-corrected chi connectivity index (χ2v) is 5.42. The highest BCUT2D eigenvalue weighted by molar-refractivity contribution is 7.61. The van der Waals surface area contributed by atoms with Gasteiger partial charge in [-0.2, -0.15) is 0 Å². The van der Waals surface area contributed by atoms with Gasteiger partial charge in [0.15, 0.2) is 0 Å².